The zero-order valence-electron chi connectivity index (χ0n) is 14.0. The second-order valence-corrected chi connectivity index (χ2v) is 7.11. The molecular formula is C22H19BrN2. The van der Waals surface area contributed by atoms with Gasteiger partial charge in [-0.1, -0.05) is 64.5 Å². The van der Waals surface area contributed by atoms with Crippen molar-refractivity contribution in [2.24, 2.45) is 0 Å². The van der Waals surface area contributed by atoms with Gasteiger partial charge in [0, 0.05) is 39.9 Å². The van der Waals surface area contributed by atoms with Crippen molar-refractivity contribution in [2.45, 2.75) is 6.04 Å². The van der Waals surface area contributed by atoms with Gasteiger partial charge in [-0.25, -0.2) is 0 Å². The van der Waals surface area contributed by atoms with Gasteiger partial charge in [-0.2, -0.15) is 0 Å². The van der Waals surface area contributed by atoms with Crippen LogP contribution in [0.4, 0.5) is 5.69 Å². The summed E-state index contributed by atoms with van der Waals surface area (Å²) in [4.78, 5) is 5.75. The number of hydrogen-bond donors (Lipinski definition) is 1. The van der Waals surface area contributed by atoms with Crippen molar-refractivity contribution >= 4 is 32.5 Å². The lowest BCUT2D eigenvalue weighted by Crippen LogP contribution is -2.25. The Hall–Kier alpha value is -2.52. The molecule has 1 aromatic heterocycles. The molecule has 25 heavy (non-hydrogen) atoms. The molecule has 0 bridgehead atoms. The molecule has 0 saturated heterocycles. The molecule has 2 nitrogen and oxygen atoms in total. The number of aromatic amines is 1. The van der Waals surface area contributed by atoms with Gasteiger partial charge >= 0.3 is 0 Å². The summed E-state index contributed by atoms with van der Waals surface area (Å²) in [6.45, 7) is 0. The highest BCUT2D eigenvalue weighted by Gasteiger charge is 2.22. The summed E-state index contributed by atoms with van der Waals surface area (Å²) in [5.41, 5.74) is 4.91. The van der Waals surface area contributed by atoms with Crippen LogP contribution in [-0.2, 0) is 0 Å². The Kier molecular flexibility index (Phi) is 4.33. The number of anilines is 1. The number of H-pyrrole nitrogens is 1. The molecule has 1 atom stereocenters. The van der Waals surface area contributed by atoms with E-state index in [-0.39, 0.29) is 6.04 Å². The van der Waals surface area contributed by atoms with Crippen molar-refractivity contribution in [3.8, 4) is 0 Å². The van der Waals surface area contributed by atoms with E-state index in [0.29, 0.717) is 0 Å². The summed E-state index contributed by atoms with van der Waals surface area (Å²) in [6, 6.07) is 27.7. The number of hydrogen-bond acceptors (Lipinski definition) is 1. The van der Waals surface area contributed by atoms with Crippen LogP contribution in [0.5, 0.6) is 0 Å². The Labute approximate surface area is 156 Å². The molecule has 0 radical (unpaired) electrons. The van der Waals surface area contributed by atoms with Gasteiger partial charge in [-0.05, 0) is 35.9 Å². The summed E-state index contributed by atoms with van der Waals surface area (Å²) in [5, 5.41) is 1.26. The second-order valence-electron chi connectivity index (χ2n) is 6.19. The van der Waals surface area contributed by atoms with Gasteiger partial charge in [0.1, 0.15) is 0 Å². The number of halogens is 1. The van der Waals surface area contributed by atoms with Gasteiger partial charge in [-0.15, -0.1) is 0 Å². The van der Waals surface area contributed by atoms with E-state index >= 15 is 0 Å². The SMILES string of the molecule is CN(c1ccccc1)C(c1ccc(Br)cc1)c1c[nH]c2ccccc12. The monoisotopic (exact) mass is 390 g/mol. The standard InChI is InChI=1S/C22H19BrN2/c1-25(18-7-3-2-4-8-18)22(16-11-13-17(23)14-12-16)20-15-24-21-10-6-5-9-19(20)21/h2-15,22,24H,1H3. The molecule has 124 valence electrons. The first-order valence-electron chi connectivity index (χ1n) is 8.33. The maximum absolute atomic E-state index is 3.55. The first-order chi connectivity index (χ1) is 12.2. The molecule has 4 rings (SSSR count). The summed E-state index contributed by atoms with van der Waals surface area (Å²) in [5.74, 6) is 0. The van der Waals surface area contributed by atoms with Gasteiger partial charge in [0.2, 0.25) is 0 Å². The highest BCUT2D eigenvalue weighted by atomic mass is 79.9. The van der Waals surface area contributed by atoms with Gasteiger partial charge in [-0.3, -0.25) is 0 Å². The zero-order chi connectivity index (χ0) is 17.2. The van der Waals surface area contributed by atoms with Crippen LogP contribution >= 0.6 is 15.9 Å². The van der Waals surface area contributed by atoms with Crippen molar-refractivity contribution in [1.29, 1.82) is 0 Å². The van der Waals surface area contributed by atoms with E-state index in [1.165, 1.54) is 27.7 Å². The second kappa shape index (κ2) is 6.77. The quantitative estimate of drug-likeness (QED) is 0.442. The van der Waals surface area contributed by atoms with Crippen LogP contribution in [0, 0.1) is 0 Å². The third kappa shape index (κ3) is 3.08. The smallest absolute Gasteiger partial charge is 0.0813 e. The minimum atomic E-state index is 0.131. The fourth-order valence-electron chi connectivity index (χ4n) is 3.39. The van der Waals surface area contributed by atoms with Crippen LogP contribution in [0.25, 0.3) is 10.9 Å². The normalized spacial score (nSPS) is 12.2. The Bertz CT molecular complexity index is 974. The molecular weight excluding hydrogens is 372 g/mol. The van der Waals surface area contributed by atoms with Crippen molar-refractivity contribution in [3.63, 3.8) is 0 Å². The lowest BCUT2D eigenvalue weighted by Gasteiger charge is -2.30. The highest BCUT2D eigenvalue weighted by Crippen LogP contribution is 2.36. The minimum absolute atomic E-state index is 0.131. The molecule has 1 N–H and O–H groups in total. The van der Waals surface area contributed by atoms with Gasteiger partial charge in [0.25, 0.3) is 0 Å². The van der Waals surface area contributed by atoms with E-state index < -0.39 is 0 Å². The Morgan fingerprint density at radius 3 is 2.28 bits per heavy atom. The third-order valence-electron chi connectivity index (χ3n) is 4.65. The number of aromatic nitrogens is 1. The molecule has 0 saturated carbocycles. The number of nitrogens with one attached hydrogen (secondary N) is 1. The summed E-state index contributed by atoms with van der Waals surface area (Å²) < 4.78 is 1.09. The van der Waals surface area contributed by atoms with Crippen LogP contribution in [0.3, 0.4) is 0 Å². The molecule has 3 heteroatoms. The number of fused-ring (bicyclic) bond motifs is 1. The Balaban J connectivity index is 1.88. The van der Waals surface area contributed by atoms with Crippen LogP contribution < -0.4 is 4.90 Å². The summed E-state index contributed by atoms with van der Waals surface area (Å²) in [7, 11) is 2.16. The molecule has 0 aliphatic rings. The predicted octanol–water partition coefficient (Wildman–Crippen LogP) is 6.16. The summed E-state index contributed by atoms with van der Waals surface area (Å²) in [6.07, 6.45) is 2.14. The van der Waals surface area contributed by atoms with E-state index in [9.17, 15) is 0 Å². The molecule has 0 spiro atoms. The zero-order valence-corrected chi connectivity index (χ0v) is 15.6. The van der Waals surface area contributed by atoms with Gasteiger partial charge < -0.3 is 9.88 Å². The fourth-order valence-corrected chi connectivity index (χ4v) is 3.65. The maximum Gasteiger partial charge on any atom is 0.0813 e. The van der Waals surface area contributed by atoms with E-state index in [4.69, 9.17) is 0 Å². The van der Waals surface area contributed by atoms with Crippen LogP contribution in [0.1, 0.15) is 17.2 Å². The maximum atomic E-state index is 3.55. The Morgan fingerprint density at radius 2 is 1.52 bits per heavy atom. The van der Waals surface area contributed by atoms with Gasteiger partial charge in [0.15, 0.2) is 0 Å². The lowest BCUT2D eigenvalue weighted by atomic mass is 9.96. The average Bonchev–Trinajstić information content (AvgIpc) is 3.08. The molecule has 0 aliphatic heterocycles. The summed E-state index contributed by atoms with van der Waals surface area (Å²) >= 11 is 3.55. The van der Waals surface area contributed by atoms with Crippen LogP contribution in [0.2, 0.25) is 0 Å². The Morgan fingerprint density at radius 1 is 0.840 bits per heavy atom. The molecule has 0 aliphatic carbocycles. The molecule has 3 aromatic carbocycles. The lowest BCUT2D eigenvalue weighted by molar-refractivity contribution is 0.788. The van der Waals surface area contributed by atoms with Crippen molar-refractivity contribution in [1.82, 2.24) is 4.98 Å². The van der Waals surface area contributed by atoms with Crippen LogP contribution in [-0.4, -0.2) is 12.0 Å². The number of nitrogens with zero attached hydrogens (tertiary/aromatic N) is 1. The number of benzene rings is 3. The van der Waals surface area contributed by atoms with Crippen LogP contribution in [0.15, 0.2) is 89.5 Å². The van der Waals surface area contributed by atoms with Crippen molar-refractivity contribution < 1.29 is 0 Å². The first kappa shape index (κ1) is 16.0. The number of rotatable bonds is 4. The minimum Gasteiger partial charge on any atom is -0.363 e. The highest BCUT2D eigenvalue weighted by molar-refractivity contribution is 9.10. The third-order valence-corrected chi connectivity index (χ3v) is 5.18. The largest absolute Gasteiger partial charge is 0.363 e. The average molecular weight is 391 g/mol. The van der Waals surface area contributed by atoms with E-state index in [0.717, 1.165) is 4.47 Å². The topological polar surface area (TPSA) is 19.0 Å². The molecule has 1 heterocycles. The van der Waals surface area contributed by atoms with Crippen molar-refractivity contribution in [3.05, 3.63) is 101 Å². The predicted molar refractivity (Wildman–Crippen MR) is 109 cm³/mol. The fraction of sp³-hybridized carbons (Fsp3) is 0.0909. The van der Waals surface area contributed by atoms with Crippen molar-refractivity contribution in [2.75, 3.05) is 11.9 Å². The first-order valence-corrected chi connectivity index (χ1v) is 9.13. The van der Waals surface area contributed by atoms with E-state index in [1.54, 1.807) is 0 Å². The molecule has 1 unspecified atom stereocenters. The van der Waals surface area contributed by atoms with E-state index in [1.807, 2.05) is 0 Å². The van der Waals surface area contributed by atoms with Gasteiger partial charge in [0.05, 0.1) is 6.04 Å². The number of para-hydroxylation sites is 2. The molecule has 0 amide bonds. The van der Waals surface area contributed by atoms with E-state index in [2.05, 4.69) is 118 Å². The molecule has 0 fully saturated rings. The molecule has 4 aromatic rings.